The average Bonchev–Trinajstić information content (AvgIpc) is 3.08. The zero-order valence-corrected chi connectivity index (χ0v) is 13.9. The van der Waals surface area contributed by atoms with Crippen LogP contribution in [0.1, 0.15) is 24.8 Å². The Labute approximate surface area is 145 Å². The Morgan fingerprint density at radius 3 is 2.68 bits per heavy atom. The Balaban J connectivity index is 1.45. The van der Waals surface area contributed by atoms with Gasteiger partial charge in [-0.2, -0.15) is 0 Å². The van der Waals surface area contributed by atoms with Gasteiger partial charge in [-0.25, -0.2) is 0 Å². The van der Waals surface area contributed by atoms with Crippen molar-refractivity contribution in [1.29, 1.82) is 0 Å². The van der Waals surface area contributed by atoms with Crippen molar-refractivity contribution in [3.05, 3.63) is 54.1 Å². The number of hydrogen-bond donors (Lipinski definition) is 1. The van der Waals surface area contributed by atoms with Crippen LogP contribution in [0.2, 0.25) is 0 Å². The second-order valence-electron chi connectivity index (χ2n) is 5.79. The van der Waals surface area contributed by atoms with Gasteiger partial charge in [-0.05, 0) is 23.6 Å². The Kier molecular flexibility index (Phi) is 5.18. The van der Waals surface area contributed by atoms with Crippen LogP contribution in [0.4, 0.5) is 5.69 Å². The van der Waals surface area contributed by atoms with Crippen LogP contribution in [-0.4, -0.2) is 25.3 Å². The van der Waals surface area contributed by atoms with E-state index in [2.05, 4.69) is 5.32 Å². The smallest absolute Gasteiger partial charge is 0.306 e. The minimum absolute atomic E-state index is 0.0330. The molecule has 1 N–H and O–H groups in total. The molecule has 0 fully saturated rings. The van der Waals surface area contributed by atoms with Crippen LogP contribution >= 0.6 is 0 Å². The minimum atomic E-state index is -0.405. The largest absolute Gasteiger partial charge is 0.456 e. The minimum Gasteiger partial charge on any atom is -0.456 e. The molecule has 0 saturated heterocycles. The second kappa shape index (κ2) is 7.70. The number of amides is 1. The molecule has 3 rings (SSSR count). The molecule has 1 amide bonds. The van der Waals surface area contributed by atoms with E-state index in [1.165, 1.54) is 0 Å². The van der Waals surface area contributed by atoms with E-state index in [9.17, 15) is 9.59 Å². The highest BCUT2D eigenvalue weighted by Gasteiger charge is 2.16. The summed E-state index contributed by atoms with van der Waals surface area (Å²) < 4.78 is 15.5. The predicted octanol–water partition coefficient (Wildman–Crippen LogP) is 3.09. The Hall–Kier alpha value is -3.02. The van der Waals surface area contributed by atoms with Crippen molar-refractivity contribution in [3.8, 4) is 11.5 Å². The maximum Gasteiger partial charge on any atom is 0.306 e. The molecule has 25 heavy (non-hydrogen) atoms. The molecule has 6 heteroatoms. The van der Waals surface area contributed by atoms with Gasteiger partial charge in [0.2, 0.25) is 6.79 Å². The third-order valence-corrected chi connectivity index (χ3v) is 3.86. The molecule has 0 spiro atoms. The van der Waals surface area contributed by atoms with Crippen molar-refractivity contribution in [3.63, 3.8) is 0 Å². The lowest BCUT2D eigenvalue weighted by atomic mass is 9.98. The standard InChI is InChI=1S/C19H19NO5/c1-13(14-5-3-2-4-6-14)9-19(22)23-11-18(21)20-15-7-8-16-17(10-15)25-12-24-16/h2-8,10,13H,9,11-12H2,1H3,(H,20,21)/t13-/m0/s1. The van der Waals surface area contributed by atoms with Crippen molar-refractivity contribution >= 4 is 17.6 Å². The van der Waals surface area contributed by atoms with Gasteiger partial charge < -0.3 is 19.5 Å². The highest BCUT2D eigenvalue weighted by molar-refractivity contribution is 5.93. The van der Waals surface area contributed by atoms with E-state index < -0.39 is 11.9 Å². The fraction of sp³-hybridized carbons (Fsp3) is 0.263. The fourth-order valence-electron chi connectivity index (χ4n) is 2.53. The molecule has 0 unspecified atom stereocenters. The third kappa shape index (κ3) is 4.50. The van der Waals surface area contributed by atoms with Crippen LogP contribution in [0.25, 0.3) is 0 Å². The van der Waals surface area contributed by atoms with Gasteiger partial charge in [0.25, 0.3) is 5.91 Å². The van der Waals surface area contributed by atoms with E-state index in [1.54, 1.807) is 18.2 Å². The summed E-state index contributed by atoms with van der Waals surface area (Å²) in [4.78, 5) is 23.8. The Morgan fingerprint density at radius 2 is 1.88 bits per heavy atom. The lowest BCUT2D eigenvalue weighted by molar-refractivity contribution is -0.147. The molecule has 0 aromatic heterocycles. The number of nitrogens with one attached hydrogen (secondary N) is 1. The lowest BCUT2D eigenvalue weighted by Gasteiger charge is -2.11. The number of ether oxygens (including phenoxy) is 3. The first-order valence-electron chi connectivity index (χ1n) is 8.02. The van der Waals surface area contributed by atoms with Crippen molar-refractivity contribution < 1.29 is 23.8 Å². The van der Waals surface area contributed by atoms with Gasteiger partial charge in [-0.3, -0.25) is 9.59 Å². The van der Waals surface area contributed by atoms with Gasteiger partial charge in [0.15, 0.2) is 18.1 Å². The molecule has 1 heterocycles. The van der Waals surface area contributed by atoms with Crippen molar-refractivity contribution in [2.45, 2.75) is 19.3 Å². The van der Waals surface area contributed by atoms with Crippen LogP contribution in [-0.2, 0) is 14.3 Å². The molecule has 1 aliphatic heterocycles. The lowest BCUT2D eigenvalue weighted by Crippen LogP contribution is -2.21. The molecule has 6 nitrogen and oxygen atoms in total. The SMILES string of the molecule is C[C@@H](CC(=O)OCC(=O)Nc1ccc2c(c1)OCO2)c1ccccc1. The molecule has 2 aromatic carbocycles. The topological polar surface area (TPSA) is 73.9 Å². The number of fused-ring (bicyclic) bond motifs is 1. The highest BCUT2D eigenvalue weighted by Crippen LogP contribution is 2.34. The first-order valence-corrected chi connectivity index (χ1v) is 8.02. The van der Waals surface area contributed by atoms with Crippen LogP contribution in [0.5, 0.6) is 11.5 Å². The summed E-state index contributed by atoms with van der Waals surface area (Å²) in [5.74, 6) is 0.438. The summed E-state index contributed by atoms with van der Waals surface area (Å²) >= 11 is 0. The number of carbonyl (C=O) groups is 2. The number of rotatable bonds is 6. The molecule has 1 atom stereocenters. The summed E-state index contributed by atoms with van der Waals surface area (Å²) in [5, 5.41) is 2.66. The second-order valence-corrected chi connectivity index (χ2v) is 5.79. The first kappa shape index (κ1) is 16.8. The zero-order valence-electron chi connectivity index (χ0n) is 13.9. The number of carbonyl (C=O) groups excluding carboxylic acids is 2. The van der Waals surface area contributed by atoms with E-state index in [0.717, 1.165) is 5.56 Å². The average molecular weight is 341 g/mol. The summed E-state index contributed by atoms with van der Waals surface area (Å²) in [5.41, 5.74) is 1.62. The van der Waals surface area contributed by atoms with Crippen molar-refractivity contribution in [2.24, 2.45) is 0 Å². The normalized spacial score (nSPS) is 13.2. The van der Waals surface area contributed by atoms with Crippen molar-refractivity contribution in [2.75, 3.05) is 18.7 Å². The Bertz CT molecular complexity index is 760. The molecule has 130 valence electrons. The summed E-state index contributed by atoms with van der Waals surface area (Å²) in [7, 11) is 0. The van der Waals surface area contributed by atoms with Gasteiger partial charge in [0.05, 0.1) is 6.42 Å². The summed E-state index contributed by atoms with van der Waals surface area (Å²) in [6.45, 7) is 1.79. The fourth-order valence-corrected chi connectivity index (χ4v) is 2.53. The quantitative estimate of drug-likeness (QED) is 0.817. The van der Waals surface area contributed by atoms with Gasteiger partial charge in [-0.1, -0.05) is 37.3 Å². The third-order valence-electron chi connectivity index (χ3n) is 3.86. The van der Waals surface area contributed by atoms with Crippen LogP contribution in [0, 0.1) is 0 Å². The zero-order chi connectivity index (χ0) is 17.6. The van der Waals surface area contributed by atoms with Gasteiger partial charge in [-0.15, -0.1) is 0 Å². The maximum atomic E-state index is 11.9. The molecular weight excluding hydrogens is 322 g/mol. The Morgan fingerprint density at radius 1 is 1.12 bits per heavy atom. The summed E-state index contributed by atoms with van der Waals surface area (Å²) in [6.07, 6.45) is 0.224. The van der Waals surface area contributed by atoms with Gasteiger partial charge >= 0.3 is 5.97 Å². The van der Waals surface area contributed by atoms with E-state index >= 15 is 0 Å². The molecule has 2 aromatic rings. The number of esters is 1. The van der Waals surface area contributed by atoms with Gasteiger partial charge in [0, 0.05) is 11.8 Å². The summed E-state index contributed by atoms with van der Waals surface area (Å²) in [6, 6.07) is 14.8. The van der Waals surface area contributed by atoms with Crippen molar-refractivity contribution in [1.82, 2.24) is 0 Å². The van der Waals surface area contributed by atoms with E-state index in [4.69, 9.17) is 14.2 Å². The van der Waals surface area contributed by atoms with Crippen LogP contribution in [0.15, 0.2) is 48.5 Å². The molecular formula is C19H19NO5. The number of benzene rings is 2. The molecule has 0 aliphatic carbocycles. The molecule has 0 saturated carbocycles. The van der Waals surface area contributed by atoms with Gasteiger partial charge in [0.1, 0.15) is 0 Å². The number of anilines is 1. The molecule has 0 radical (unpaired) electrons. The first-order chi connectivity index (χ1) is 12.1. The van der Waals surface area contributed by atoms with Crippen LogP contribution in [0.3, 0.4) is 0 Å². The predicted molar refractivity (Wildman–Crippen MR) is 91.6 cm³/mol. The molecule has 1 aliphatic rings. The van der Waals surface area contributed by atoms with E-state index in [-0.39, 0.29) is 25.7 Å². The monoisotopic (exact) mass is 341 g/mol. The van der Waals surface area contributed by atoms with E-state index in [0.29, 0.717) is 17.2 Å². The van der Waals surface area contributed by atoms with Crippen LogP contribution < -0.4 is 14.8 Å². The highest BCUT2D eigenvalue weighted by atomic mass is 16.7. The number of hydrogen-bond acceptors (Lipinski definition) is 5. The van der Waals surface area contributed by atoms with E-state index in [1.807, 2.05) is 37.3 Å². The molecule has 0 bridgehead atoms. The maximum absolute atomic E-state index is 11.9.